The smallest absolute Gasteiger partial charge is 0.107 e. The Balaban J connectivity index is 1.56. The summed E-state index contributed by atoms with van der Waals surface area (Å²) in [6.45, 7) is 2.21. The van der Waals surface area contributed by atoms with Crippen LogP contribution in [0, 0.1) is 0 Å². The van der Waals surface area contributed by atoms with Crippen molar-refractivity contribution in [1.29, 1.82) is 0 Å². The first-order valence-electron chi connectivity index (χ1n) is 8.42. The predicted octanol–water partition coefficient (Wildman–Crippen LogP) is 2.84. The van der Waals surface area contributed by atoms with Crippen LogP contribution in [-0.2, 0) is 11.3 Å². The number of aliphatic hydroxyl groups is 1. The van der Waals surface area contributed by atoms with Gasteiger partial charge >= 0.3 is 0 Å². The number of nitrogens with zero attached hydrogens (tertiary/aromatic N) is 2. The van der Waals surface area contributed by atoms with Crippen molar-refractivity contribution < 1.29 is 9.84 Å². The molecule has 3 aromatic rings. The van der Waals surface area contributed by atoms with Crippen molar-refractivity contribution in [1.82, 2.24) is 15.1 Å². The fourth-order valence-electron chi connectivity index (χ4n) is 3.04. The molecule has 1 aliphatic heterocycles. The van der Waals surface area contributed by atoms with Gasteiger partial charge in [-0.3, -0.25) is 0 Å². The van der Waals surface area contributed by atoms with Crippen LogP contribution in [0.25, 0.3) is 16.3 Å². The van der Waals surface area contributed by atoms with Gasteiger partial charge in [0.05, 0.1) is 17.2 Å². The van der Waals surface area contributed by atoms with Crippen molar-refractivity contribution in [2.75, 3.05) is 19.8 Å². The SMILES string of the molecule is OC1(CNCc2cn(-c3ccccc3)nc2-c2cccs2)CCOC1. The van der Waals surface area contributed by atoms with Crippen molar-refractivity contribution in [3.05, 3.63) is 59.6 Å². The van der Waals surface area contributed by atoms with Gasteiger partial charge < -0.3 is 15.2 Å². The molecule has 1 aliphatic rings. The van der Waals surface area contributed by atoms with Crippen molar-refractivity contribution in [3.8, 4) is 16.3 Å². The summed E-state index contributed by atoms with van der Waals surface area (Å²) >= 11 is 1.68. The number of nitrogens with one attached hydrogen (secondary N) is 1. The van der Waals surface area contributed by atoms with Crippen LogP contribution >= 0.6 is 11.3 Å². The fraction of sp³-hybridized carbons (Fsp3) is 0.316. The van der Waals surface area contributed by atoms with E-state index in [1.807, 2.05) is 41.1 Å². The molecule has 0 saturated carbocycles. The third-order valence-electron chi connectivity index (χ3n) is 4.42. The highest BCUT2D eigenvalue weighted by atomic mass is 32.1. The molecule has 0 spiro atoms. The topological polar surface area (TPSA) is 59.3 Å². The summed E-state index contributed by atoms with van der Waals surface area (Å²) in [5.41, 5.74) is 2.39. The minimum atomic E-state index is -0.751. The molecule has 25 heavy (non-hydrogen) atoms. The van der Waals surface area contributed by atoms with Gasteiger partial charge in [-0.25, -0.2) is 4.68 Å². The predicted molar refractivity (Wildman–Crippen MR) is 99.0 cm³/mol. The van der Waals surface area contributed by atoms with Crippen molar-refractivity contribution >= 4 is 11.3 Å². The van der Waals surface area contributed by atoms with Crippen molar-refractivity contribution in [3.63, 3.8) is 0 Å². The molecule has 2 aromatic heterocycles. The second-order valence-corrected chi connectivity index (χ2v) is 7.34. The summed E-state index contributed by atoms with van der Waals surface area (Å²) in [5.74, 6) is 0. The first-order chi connectivity index (χ1) is 12.2. The van der Waals surface area contributed by atoms with E-state index in [4.69, 9.17) is 9.84 Å². The lowest BCUT2D eigenvalue weighted by molar-refractivity contribution is 0.0268. The number of thiophene rings is 1. The van der Waals surface area contributed by atoms with Gasteiger partial charge in [0, 0.05) is 37.9 Å². The van der Waals surface area contributed by atoms with E-state index in [1.165, 1.54) is 0 Å². The molecule has 130 valence electrons. The molecule has 1 fully saturated rings. The van der Waals surface area contributed by atoms with Crippen LogP contribution in [0.15, 0.2) is 54.0 Å². The lowest BCUT2D eigenvalue weighted by Crippen LogP contribution is -2.40. The summed E-state index contributed by atoms with van der Waals surface area (Å²) in [7, 11) is 0. The van der Waals surface area contributed by atoms with E-state index in [2.05, 4.69) is 23.0 Å². The Bertz CT molecular complexity index is 809. The summed E-state index contributed by atoms with van der Waals surface area (Å²) in [6.07, 6.45) is 2.74. The van der Waals surface area contributed by atoms with Crippen LogP contribution in [-0.4, -0.2) is 40.2 Å². The van der Waals surface area contributed by atoms with Crippen molar-refractivity contribution in [2.45, 2.75) is 18.6 Å². The second-order valence-electron chi connectivity index (χ2n) is 6.39. The zero-order valence-corrected chi connectivity index (χ0v) is 14.7. The van der Waals surface area contributed by atoms with Crippen LogP contribution in [0.2, 0.25) is 0 Å². The molecule has 2 N–H and O–H groups in total. The summed E-state index contributed by atoms with van der Waals surface area (Å²) in [5, 5.41) is 20.6. The van der Waals surface area contributed by atoms with Gasteiger partial charge in [-0.2, -0.15) is 5.10 Å². The Kier molecular flexibility index (Phi) is 4.67. The van der Waals surface area contributed by atoms with Gasteiger partial charge in [0.15, 0.2) is 0 Å². The maximum Gasteiger partial charge on any atom is 0.107 e. The Morgan fingerprint density at radius 3 is 2.84 bits per heavy atom. The zero-order valence-electron chi connectivity index (χ0n) is 13.9. The van der Waals surface area contributed by atoms with Crippen LogP contribution in [0.1, 0.15) is 12.0 Å². The standard InChI is InChI=1S/C19H21N3O2S/c23-19(8-9-24-14-19)13-20-11-15-12-22(16-5-2-1-3-6-16)21-18(15)17-7-4-10-25-17/h1-7,10,12,20,23H,8-9,11,13-14H2. The number of benzene rings is 1. The number of hydrogen-bond acceptors (Lipinski definition) is 5. The molecule has 4 rings (SSSR count). The van der Waals surface area contributed by atoms with E-state index in [0.717, 1.165) is 21.8 Å². The average molecular weight is 355 g/mol. The van der Waals surface area contributed by atoms with Gasteiger partial charge in [0.1, 0.15) is 11.3 Å². The summed E-state index contributed by atoms with van der Waals surface area (Å²) in [4.78, 5) is 1.15. The molecule has 6 heteroatoms. The Morgan fingerprint density at radius 2 is 2.12 bits per heavy atom. The van der Waals surface area contributed by atoms with Crippen LogP contribution in [0.5, 0.6) is 0 Å². The molecule has 0 aliphatic carbocycles. The number of rotatable bonds is 6. The second kappa shape index (κ2) is 7.09. The molecular weight excluding hydrogens is 334 g/mol. The van der Waals surface area contributed by atoms with E-state index in [9.17, 15) is 5.11 Å². The molecule has 1 aromatic carbocycles. The van der Waals surface area contributed by atoms with Gasteiger partial charge in [-0.05, 0) is 23.6 Å². The first kappa shape index (κ1) is 16.5. The highest BCUT2D eigenvalue weighted by Gasteiger charge is 2.31. The maximum atomic E-state index is 10.4. The molecule has 1 saturated heterocycles. The fourth-order valence-corrected chi connectivity index (χ4v) is 3.78. The molecule has 0 bridgehead atoms. The minimum Gasteiger partial charge on any atom is -0.386 e. The van der Waals surface area contributed by atoms with E-state index in [-0.39, 0.29) is 0 Å². The monoisotopic (exact) mass is 355 g/mol. The quantitative estimate of drug-likeness (QED) is 0.714. The minimum absolute atomic E-state index is 0.404. The van der Waals surface area contributed by atoms with Crippen molar-refractivity contribution in [2.24, 2.45) is 0 Å². The highest BCUT2D eigenvalue weighted by Crippen LogP contribution is 2.28. The van der Waals surface area contributed by atoms with E-state index in [1.54, 1.807) is 11.3 Å². The van der Waals surface area contributed by atoms with E-state index < -0.39 is 5.60 Å². The first-order valence-corrected chi connectivity index (χ1v) is 9.30. The summed E-state index contributed by atoms with van der Waals surface area (Å²) < 4.78 is 7.22. The van der Waals surface area contributed by atoms with Crippen LogP contribution in [0.3, 0.4) is 0 Å². The maximum absolute atomic E-state index is 10.4. The van der Waals surface area contributed by atoms with E-state index >= 15 is 0 Å². The van der Waals surface area contributed by atoms with Gasteiger partial charge in [-0.15, -0.1) is 11.3 Å². The molecule has 1 atom stereocenters. The zero-order chi connectivity index (χ0) is 17.1. The number of hydrogen-bond donors (Lipinski definition) is 2. The normalized spacial score (nSPS) is 20.2. The van der Waals surface area contributed by atoms with Gasteiger partial charge in [0.25, 0.3) is 0 Å². The number of aromatic nitrogens is 2. The van der Waals surface area contributed by atoms with Gasteiger partial charge in [-0.1, -0.05) is 24.3 Å². The molecule has 0 radical (unpaired) electrons. The molecule has 0 amide bonds. The third-order valence-corrected chi connectivity index (χ3v) is 5.29. The molecule has 5 nitrogen and oxygen atoms in total. The molecule has 1 unspecified atom stereocenters. The summed E-state index contributed by atoms with van der Waals surface area (Å²) in [6, 6.07) is 14.2. The molecular formula is C19H21N3O2S. The third kappa shape index (κ3) is 3.67. The lowest BCUT2D eigenvalue weighted by atomic mass is 10.0. The van der Waals surface area contributed by atoms with Gasteiger partial charge in [0.2, 0.25) is 0 Å². The van der Waals surface area contributed by atoms with Crippen LogP contribution < -0.4 is 5.32 Å². The Hall–Kier alpha value is -1.99. The Morgan fingerprint density at radius 1 is 1.24 bits per heavy atom. The van der Waals surface area contributed by atoms with E-state index in [0.29, 0.717) is 32.7 Å². The lowest BCUT2D eigenvalue weighted by Gasteiger charge is -2.20. The Labute approximate surface area is 150 Å². The largest absolute Gasteiger partial charge is 0.386 e. The highest BCUT2D eigenvalue weighted by molar-refractivity contribution is 7.13. The number of para-hydroxylation sites is 1. The van der Waals surface area contributed by atoms with Crippen LogP contribution in [0.4, 0.5) is 0 Å². The molecule has 3 heterocycles. The number of ether oxygens (including phenoxy) is 1. The average Bonchev–Trinajstić information content (AvgIpc) is 3.36.